The summed E-state index contributed by atoms with van der Waals surface area (Å²) in [6, 6.07) is 10.8. The van der Waals surface area contributed by atoms with Gasteiger partial charge in [-0.15, -0.1) is 0 Å². The van der Waals surface area contributed by atoms with E-state index in [1.807, 2.05) is 7.05 Å². The van der Waals surface area contributed by atoms with Crippen LogP contribution in [0.25, 0.3) is 0 Å². The van der Waals surface area contributed by atoms with Crippen LogP contribution in [0.3, 0.4) is 0 Å². The number of unbranched alkanes of at least 4 members (excludes halogenated alkanes) is 5. The van der Waals surface area contributed by atoms with Gasteiger partial charge in [0.1, 0.15) is 0 Å². The van der Waals surface area contributed by atoms with Gasteiger partial charge in [0.25, 0.3) is 0 Å². The van der Waals surface area contributed by atoms with Gasteiger partial charge in [0.05, 0.1) is 12.2 Å². The third kappa shape index (κ3) is 6.27. The second kappa shape index (κ2) is 11.6. The molecule has 0 amide bonds. The predicted molar refractivity (Wildman–Crippen MR) is 101 cm³/mol. The SMILES string of the molecule is CCCCCCCCC1(c2ccccc2)OCC1C.CCNC. The lowest BCUT2D eigenvalue weighted by Crippen LogP contribution is -2.49. The van der Waals surface area contributed by atoms with Crippen molar-refractivity contribution >= 4 is 0 Å². The lowest BCUT2D eigenvalue weighted by Gasteiger charge is -2.48. The van der Waals surface area contributed by atoms with E-state index < -0.39 is 0 Å². The van der Waals surface area contributed by atoms with Crippen LogP contribution in [0.4, 0.5) is 0 Å². The minimum absolute atomic E-state index is 0.0199. The van der Waals surface area contributed by atoms with Gasteiger partial charge in [0, 0.05) is 5.92 Å². The minimum Gasteiger partial charge on any atom is -0.370 e. The van der Waals surface area contributed by atoms with E-state index in [1.54, 1.807) is 0 Å². The summed E-state index contributed by atoms with van der Waals surface area (Å²) < 4.78 is 6.04. The minimum atomic E-state index is 0.0199. The molecule has 1 aliphatic rings. The van der Waals surface area contributed by atoms with Crippen molar-refractivity contribution in [3.63, 3.8) is 0 Å². The molecule has 0 saturated carbocycles. The van der Waals surface area contributed by atoms with E-state index in [0.717, 1.165) is 13.2 Å². The first kappa shape index (κ1) is 20.2. The molecule has 0 spiro atoms. The first-order valence-corrected chi connectivity index (χ1v) is 9.55. The molecule has 2 heteroatoms. The number of hydrogen-bond donors (Lipinski definition) is 1. The molecule has 1 aromatic carbocycles. The molecule has 0 aliphatic carbocycles. The first-order chi connectivity index (χ1) is 11.2. The molecule has 2 atom stereocenters. The average Bonchev–Trinajstić information content (AvgIpc) is 2.60. The Morgan fingerprint density at radius 1 is 1.04 bits per heavy atom. The zero-order chi connectivity index (χ0) is 17.0. The Hall–Kier alpha value is -0.860. The van der Waals surface area contributed by atoms with Crippen LogP contribution < -0.4 is 5.32 Å². The maximum absolute atomic E-state index is 6.04. The zero-order valence-electron chi connectivity index (χ0n) is 15.7. The molecule has 2 unspecified atom stereocenters. The molecule has 1 aliphatic heterocycles. The van der Waals surface area contributed by atoms with Gasteiger partial charge in [-0.2, -0.15) is 0 Å². The Balaban J connectivity index is 0.000000593. The predicted octanol–water partition coefficient (Wildman–Crippen LogP) is 5.52. The molecule has 0 bridgehead atoms. The van der Waals surface area contributed by atoms with Gasteiger partial charge < -0.3 is 10.1 Å². The molecular formula is C21H37NO. The van der Waals surface area contributed by atoms with Crippen LogP contribution in [-0.2, 0) is 10.3 Å². The van der Waals surface area contributed by atoms with E-state index in [0.29, 0.717) is 5.92 Å². The molecule has 132 valence electrons. The van der Waals surface area contributed by atoms with Crippen LogP contribution in [0.1, 0.15) is 71.3 Å². The molecular weight excluding hydrogens is 282 g/mol. The molecule has 2 rings (SSSR count). The van der Waals surface area contributed by atoms with E-state index >= 15 is 0 Å². The zero-order valence-corrected chi connectivity index (χ0v) is 15.7. The van der Waals surface area contributed by atoms with Gasteiger partial charge in [0.2, 0.25) is 0 Å². The molecule has 1 N–H and O–H groups in total. The molecule has 1 saturated heterocycles. The number of rotatable bonds is 9. The van der Waals surface area contributed by atoms with Crippen LogP contribution in [0.15, 0.2) is 30.3 Å². The van der Waals surface area contributed by atoms with Crippen LogP contribution in [0, 0.1) is 5.92 Å². The van der Waals surface area contributed by atoms with Gasteiger partial charge in [0.15, 0.2) is 0 Å². The van der Waals surface area contributed by atoms with Crippen molar-refractivity contribution in [3.05, 3.63) is 35.9 Å². The summed E-state index contributed by atoms with van der Waals surface area (Å²) >= 11 is 0. The molecule has 0 aromatic heterocycles. The van der Waals surface area contributed by atoms with Crippen molar-refractivity contribution in [2.24, 2.45) is 5.92 Å². The summed E-state index contributed by atoms with van der Waals surface area (Å²) in [6.07, 6.45) is 9.32. The van der Waals surface area contributed by atoms with Gasteiger partial charge in [-0.3, -0.25) is 0 Å². The number of hydrogen-bond acceptors (Lipinski definition) is 2. The van der Waals surface area contributed by atoms with Crippen molar-refractivity contribution in [3.8, 4) is 0 Å². The Bertz CT molecular complexity index is 390. The second-order valence-electron chi connectivity index (χ2n) is 6.69. The maximum atomic E-state index is 6.04. The summed E-state index contributed by atoms with van der Waals surface area (Å²) in [4.78, 5) is 0. The summed E-state index contributed by atoms with van der Waals surface area (Å²) in [6.45, 7) is 8.66. The topological polar surface area (TPSA) is 21.3 Å². The van der Waals surface area contributed by atoms with Gasteiger partial charge >= 0.3 is 0 Å². The molecule has 1 heterocycles. The molecule has 1 fully saturated rings. The third-order valence-corrected chi connectivity index (χ3v) is 4.90. The summed E-state index contributed by atoms with van der Waals surface area (Å²) in [5, 5.41) is 2.93. The maximum Gasteiger partial charge on any atom is 0.0978 e. The van der Waals surface area contributed by atoms with Crippen LogP contribution in [0.2, 0.25) is 0 Å². The van der Waals surface area contributed by atoms with Crippen molar-refractivity contribution in [1.82, 2.24) is 5.32 Å². The van der Waals surface area contributed by atoms with Gasteiger partial charge in [-0.05, 0) is 25.6 Å². The Kier molecular flexibility index (Phi) is 10.2. The first-order valence-electron chi connectivity index (χ1n) is 9.55. The highest BCUT2D eigenvalue weighted by Crippen LogP contribution is 2.46. The van der Waals surface area contributed by atoms with Crippen LogP contribution in [0.5, 0.6) is 0 Å². The van der Waals surface area contributed by atoms with Gasteiger partial charge in [-0.25, -0.2) is 0 Å². The molecule has 2 nitrogen and oxygen atoms in total. The van der Waals surface area contributed by atoms with Crippen molar-refractivity contribution in [1.29, 1.82) is 0 Å². The molecule has 1 aromatic rings. The highest BCUT2D eigenvalue weighted by atomic mass is 16.5. The summed E-state index contributed by atoms with van der Waals surface area (Å²) in [5.41, 5.74) is 1.40. The second-order valence-corrected chi connectivity index (χ2v) is 6.69. The Morgan fingerprint density at radius 2 is 1.65 bits per heavy atom. The summed E-state index contributed by atoms with van der Waals surface area (Å²) in [5.74, 6) is 0.658. The largest absolute Gasteiger partial charge is 0.370 e. The van der Waals surface area contributed by atoms with Crippen molar-refractivity contribution in [2.75, 3.05) is 20.2 Å². The van der Waals surface area contributed by atoms with Crippen molar-refractivity contribution < 1.29 is 4.74 Å². The number of benzene rings is 1. The highest BCUT2D eigenvalue weighted by Gasteiger charge is 2.46. The summed E-state index contributed by atoms with van der Waals surface area (Å²) in [7, 11) is 1.93. The molecule has 23 heavy (non-hydrogen) atoms. The normalized spacial score (nSPS) is 22.9. The van der Waals surface area contributed by atoms with E-state index in [2.05, 4.69) is 56.4 Å². The lowest BCUT2D eigenvalue weighted by atomic mass is 9.74. The van der Waals surface area contributed by atoms with Gasteiger partial charge in [-0.1, -0.05) is 89.6 Å². The van der Waals surface area contributed by atoms with Crippen molar-refractivity contribution in [2.45, 2.75) is 71.3 Å². The van der Waals surface area contributed by atoms with E-state index in [1.165, 1.54) is 50.5 Å². The fourth-order valence-corrected chi connectivity index (χ4v) is 3.17. The Labute approximate surface area is 144 Å². The third-order valence-electron chi connectivity index (χ3n) is 4.90. The van der Waals surface area contributed by atoms with E-state index in [-0.39, 0.29) is 5.60 Å². The quantitative estimate of drug-likeness (QED) is 0.605. The monoisotopic (exact) mass is 319 g/mol. The fourth-order valence-electron chi connectivity index (χ4n) is 3.17. The smallest absolute Gasteiger partial charge is 0.0978 e. The average molecular weight is 320 g/mol. The highest BCUT2D eigenvalue weighted by molar-refractivity contribution is 5.25. The lowest BCUT2D eigenvalue weighted by molar-refractivity contribution is -0.210. The van der Waals surface area contributed by atoms with E-state index in [4.69, 9.17) is 4.74 Å². The van der Waals surface area contributed by atoms with Crippen LogP contribution in [-0.4, -0.2) is 20.2 Å². The number of nitrogens with one attached hydrogen (secondary N) is 1. The molecule has 0 radical (unpaired) electrons. The Morgan fingerprint density at radius 3 is 2.13 bits per heavy atom. The number of ether oxygens (including phenoxy) is 1. The van der Waals surface area contributed by atoms with Crippen LogP contribution >= 0.6 is 0 Å². The fraction of sp³-hybridized carbons (Fsp3) is 0.714. The van der Waals surface area contributed by atoms with E-state index in [9.17, 15) is 0 Å². The standard InChI is InChI=1S/C18H28O.C3H9N/c1-3-4-5-6-7-11-14-18(16(2)15-19-18)17-12-9-8-10-13-17;1-3-4-2/h8-10,12-13,16H,3-7,11,14-15H2,1-2H3;4H,3H2,1-2H3.